The molecule has 1 fully saturated rings. The number of carbonyl (C=O) groups is 2. The van der Waals surface area contributed by atoms with Crippen LogP contribution in [0.2, 0.25) is 0 Å². The maximum atomic E-state index is 12.3. The molecule has 0 radical (unpaired) electrons. The molecule has 3 N–H and O–H groups in total. The average molecular weight is 428 g/mol. The van der Waals surface area contributed by atoms with Gasteiger partial charge in [-0.25, -0.2) is 4.79 Å². The summed E-state index contributed by atoms with van der Waals surface area (Å²) in [6.45, 7) is 1.13. The Morgan fingerprint density at radius 3 is 2.74 bits per heavy atom. The Morgan fingerprint density at radius 1 is 1.29 bits per heavy atom. The molecular weight excluding hydrogens is 404 g/mol. The molecular formula is C21H24N4O6. The summed E-state index contributed by atoms with van der Waals surface area (Å²) in [4.78, 5) is 27.3. The van der Waals surface area contributed by atoms with Crippen molar-refractivity contribution in [2.24, 2.45) is 0 Å². The molecule has 0 aliphatic carbocycles. The molecule has 1 aromatic carbocycles. The SMILES string of the molecule is O=C([C@@H](O)CO)N1CC=C(c2ccc(N3C[C@H](CNc4ccon4)OC3=O)cc2)CC1. The lowest BCUT2D eigenvalue weighted by Gasteiger charge is -2.28. The first-order valence-corrected chi connectivity index (χ1v) is 10.0. The van der Waals surface area contributed by atoms with Crippen LogP contribution in [0, 0.1) is 0 Å². The van der Waals surface area contributed by atoms with Crippen LogP contribution in [0.5, 0.6) is 0 Å². The third-order valence-corrected chi connectivity index (χ3v) is 5.35. The highest BCUT2D eigenvalue weighted by Gasteiger charge is 2.32. The number of cyclic esters (lactones) is 1. The summed E-state index contributed by atoms with van der Waals surface area (Å²) in [6.07, 6.45) is 1.98. The zero-order valence-electron chi connectivity index (χ0n) is 16.8. The Bertz CT molecular complexity index is 943. The van der Waals surface area contributed by atoms with Crippen LogP contribution in [0.3, 0.4) is 0 Å². The molecule has 3 heterocycles. The van der Waals surface area contributed by atoms with Crippen LogP contribution in [-0.2, 0) is 9.53 Å². The molecule has 1 saturated heterocycles. The van der Waals surface area contributed by atoms with E-state index in [4.69, 9.17) is 14.4 Å². The molecule has 0 saturated carbocycles. The van der Waals surface area contributed by atoms with Crippen LogP contribution in [-0.4, -0.2) is 77.3 Å². The van der Waals surface area contributed by atoms with Gasteiger partial charge in [0, 0.05) is 24.8 Å². The molecule has 164 valence electrons. The highest BCUT2D eigenvalue weighted by atomic mass is 16.6. The van der Waals surface area contributed by atoms with E-state index >= 15 is 0 Å². The Kier molecular flexibility index (Phi) is 6.19. The lowest BCUT2D eigenvalue weighted by atomic mass is 9.99. The van der Waals surface area contributed by atoms with E-state index in [9.17, 15) is 14.7 Å². The summed E-state index contributed by atoms with van der Waals surface area (Å²) in [7, 11) is 0. The van der Waals surface area contributed by atoms with Gasteiger partial charge in [-0.1, -0.05) is 23.4 Å². The van der Waals surface area contributed by atoms with E-state index in [2.05, 4.69) is 10.5 Å². The standard InChI is InChI=1S/C21H24N4O6/c26-13-18(27)20(28)24-8-5-15(6-9-24)14-1-3-16(4-2-14)25-12-17(31-21(25)29)11-22-19-7-10-30-23-19/h1-5,7,10,17-18,26-27H,6,8-9,11-13H2,(H,22,23)/t17-,18-/m0/s1. The number of ether oxygens (including phenoxy) is 1. The first kappa shape index (κ1) is 20.9. The maximum Gasteiger partial charge on any atom is 0.414 e. The van der Waals surface area contributed by atoms with Gasteiger partial charge in [-0.15, -0.1) is 0 Å². The van der Waals surface area contributed by atoms with E-state index in [-0.39, 0.29) is 6.10 Å². The lowest BCUT2D eigenvalue weighted by Crippen LogP contribution is -2.42. The van der Waals surface area contributed by atoms with E-state index in [1.807, 2.05) is 30.3 Å². The van der Waals surface area contributed by atoms with E-state index < -0.39 is 24.7 Å². The third kappa shape index (κ3) is 4.70. The van der Waals surface area contributed by atoms with Gasteiger partial charge in [0.05, 0.1) is 19.7 Å². The number of benzene rings is 1. The van der Waals surface area contributed by atoms with Gasteiger partial charge in [0.1, 0.15) is 12.4 Å². The minimum absolute atomic E-state index is 0.303. The number of amides is 2. The average Bonchev–Trinajstić information content (AvgIpc) is 3.46. The molecule has 0 unspecified atom stereocenters. The van der Waals surface area contributed by atoms with Gasteiger partial charge in [-0.3, -0.25) is 9.69 Å². The van der Waals surface area contributed by atoms with Crippen LogP contribution < -0.4 is 10.2 Å². The molecule has 4 rings (SSSR count). The van der Waals surface area contributed by atoms with Gasteiger partial charge in [-0.05, 0) is 29.7 Å². The Balaban J connectivity index is 1.34. The van der Waals surface area contributed by atoms with Crippen molar-refractivity contribution < 1.29 is 29.1 Å². The first-order chi connectivity index (χ1) is 15.0. The number of aliphatic hydroxyl groups excluding tert-OH is 2. The van der Waals surface area contributed by atoms with Gasteiger partial charge < -0.3 is 29.7 Å². The van der Waals surface area contributed by atoms with Crippen molar-refractivity contribution in [3.8, 4) is 0 Å². The zero-order valence-corrected chi connectivity index (χ0v) is 16.8. The van der Waals surface area contributed by atoms with Crippen LogP contribution >= 0.6 is 0 Å². The largest absolute Gasteiger partial charge is 0.442 e. The second-order valence-corrected chi connectivity index (χ2v) is 7.39. The second kappa shape index (κ2) is 9.19. The Morgan fingerprint density at radius 2 is 2.10 bits per heavy atom. The lowest BCUT2D eigenvalue weighted by molar-refractivity contribution is -0.141. The minimum atomic E-state index is -1.37. The van der Waals surface area contributed by atoms with Crippen molar-refractivity contribution in [1.29, 1.82) is 0 Å². The summed E-state index contributed by atoms with van der Waals surface area (Å²) in [5.74, 6) is 0.124. The van der Waals surface area contributed by atoms with Gasteiger partial charge in [0.2, 0.25) is 0 Å². The van der Waals surface area contributed by atoms with E-state index in [1.54, 1.807) is 11.0 Å². The highest BCUT2D eigenvalue weighted by molar-refractivity contribution is 5.90. The Labute approximate surface area is 178 Å². The summed E-state index contributed by atoms with van der Waals surface area (Å²) >= 11 is 0. The number of rotatable bonds is 7. The van der Waals surface area contributed by atoms with Crippen LogP contribution in [0.25, 0.3) is 5.57 Å². The topological polar surface area (TPSA) is 128 Å². The van der Waals surface area contributed by atoms with Gasteiger partial charge in [-0.2, -0.15) is 0 Å². The number of aliphatic hydroxyl groups is 2. The first-order valence-electron chi connectivity index (χ1n) is 10.0. The molecule has 10 nitrogen and oxygen atoms in total. The van der Waals surface area contributed by atoms with Crippen molar-refractivity contribution in [1.82, 2.24) is 10.1 Å². The zero-order chi connectivity index (χ0) is 21.8. The molecule has 31 heavy (non-hydrogen) atoms. The fraction of sp³-hybridized carbons (Fsp3) is 0.381. The fourth-order valence-electron chi connectivity index (χ4n) is 3.64. The molecule has 0 spiro atoms. The normalized spacial score (nSPS) is 19.7. The van der Waals surface area contributed by atoms with Crippen molar-refractivity contribution >= 4 is 29.1 Å². The smallest absolute Gasteiger partial charge is 0.414 e. The number of aromatic nitrogens is 1. The third-order valence-electron chi connectivity index (χ3n) is 5.35. The molecule has 1 aromatic heterocycles. The minimum Gasteiger partial charge on any atom is -0.442 e. The molecule has 2 atom stereocenters. The van der Waals surface area contributed by atoms with Gasteiger partial charge in [0.15, 0.2) is 11.9 Å². The Hall–Kier alpha value is -3.37. The number of hydrogen-bond acceptors (Lipinski definition) is 8. The summed E-state index contributed by atoms with van der Waals surface area (Å²) in [5.41, 5.74) is 2.85. The summed E-state index contributed by atoms with van der Waals surface area (Å²) in [5, 5.41) is 25.3. The molecule has 2 aliphatic rings. The van der Waals surface area contributed by atoms with Crippen molar-refractivity contribution in [2.45, 2.75) is 18.6 Å². The van der Waals surface area contributed by atoms with Crippen molar-refractivity contribution in [2.75, 3.05) is 43.0 Å². The number of carbonyl (C=O) groups excluding carboxylic acids is 2. The molecule has 2 aliphatic heterocycles. The molecule has 0 bridgehead atoms. The molecule has 2 aromatic rings. The predicted octanol–water partition coefficient (Wildman–Crippen LogP) is 1.08. The maximum absolute atomic E-state index is 12.3. The van der Waals surface area contributed by atoms with Crippen LogP contribution in [0.1, 0.15) is 12.0 Å². The van der Waals surface area contributed by atoms with Gasteiger partial charge >= 0.3 is 6.09 Å². The quantitative estimate of drug-likeness (QED) is 0.598. The summed E-state index contributed by atoms with van der Waals surface area (Å²) < 4.78 is 10.2. The van der Waals surface area contributed by atoms with E-state index in [0.717, 1.165) is 16.8 Å². The van der Waals surface area contributed by atoms with Crippen molar-refractivity contribution in [3.63, 3.8) is 0 Å². The fourth-order valence-corrected chi connectivity index (χ4v) is 3.64. The highest BCUT2D eigenvalue weighted by Crippen LogP contribution is 2.27. The van der Waals surface area contributed by atoms with E-state index in [1.165, 1.54) is 11.2 Å². The number of nitrogens with one attached hydrogen (secondary N) is 1. The monoisotopic (exact) mass is 428 g/mol. The van der Waals surface area contributed by atoms with Gasteiger partial charge in [0.25, 0.3) is 5.91 Å². The second-order valence-electron chi connectivity index (χ2n) is 7.39. The van der Waals surface area contributed by atoms with Crippen molar-refractivity contribution in [3.05, 3.63) is 48.2 Å². The number of hydrogen-bond donors (Lipinski definition) is 3. The summed E-state index contributed by atoms with van der Waals surface area (Å²) in [6, 6.07) is 9.32. The number of anilines is 2. The van der Waals surface area contributed by atoms with Crippen LogP contribution in [0.15, 0.2) is 47.2 Å². The predicted molar refractivity (Wildman–Crippen MR) is 111 cm³/mol. The molecule has 2 amide bonds. The molecule has 10 heteroatoms. The number of nitrogens with zero attached hydrogens (tertiary/aromatic N) is 3. The van der Waals surface area contributed by atoms with Crippen LogP contribution in [0.4, 0.5) is 16.3 Å². The van der Waals surface area contributed by atoms with E-state index in [0.29, 0.717) is 38.4 Å².